The lowest BCUT2D eigenvalue weighted by Crippen LogP contribution is -2.13. The first kappa shape index (κ1) is 11.3. The molecule has 0 saturated carbocycles. The molecule has 0 saturated heterocycles. The van der Waals surface area contributed by atoms with Gasteiger partial charge in [-0.2, -0.15) is 5.10 Å². The van der Waals surface area contributed by atoms with E-state index in [0.717, 1.165) is 0 Å². The van der Waals surface area contributed by atoms with Gasteiger partial charge in [0.2, 0.25) is 0 Å². The van der Waals surface area contributed by atoms with E-state index >= 15 is 0 Å². The Hall–Kier alpha value is -2.22. The molecule has 1 amide bonds. The maximum absolute atomic E-state index is 11.7. The Labute approximate surface area is 97.4 Å². The molecule has 17 heavy (non-hydrogen) atoms. The van der Waals surface area contributed by atoms with E-state index in [1.54, 1.807) is 30.2 Å². The molecule has 8 nitrogen and oxygen atoms in total. The van der Waals surface area contributed by atoms with Gasteiger partial charge in [-0.3, -0.25) is 14.2 Å². The number of hydrogen-bond donors (Lipinski definition) is 2. The summed E-state index contributed by atoms with van der Waals surface area (Å²) in [5.74, 6) is 0.137. The number of anilines is 1. The normalized spacial score (nSPS) is 10.5. The highest BCUT2D eigenvalue weighted by Crippen LogP contribution is 2.03. The summed E-state index contributed by atoms with van der Waals surface area (Å²) >= 11 is 0. The SMILES string of the molecule is Cn1ccc(NC(=O)c2cn(CCN)nn2)n1. The fourth-order valence-electron chi connectivity index (χ4n) is 1.31. The van der Waals surface area contributed by atoms with Gasteiger partial charge in [-0.15, -0.1) is 5.10 Å². The van der Waals surface area contributed by atoms with Crippen molar-refractivity contribution in [1.29, 1.82) is 0 Å². The highest BCUT2D eigenvalue weighted by molar-refractivity contribution is 6.01. The molecule has 0 aliphatic carbocycles. The van der Waals surface area contributed by atoms with Gasteiger partial charge in [0, 0.05) is 25.9 Å². The zero-order chi connectivity index (χ0) is 12.3. The van der Waals surface area contributed by atoms with E-state index in [1.165, 1.54) is 4.68 Å². The quantitative estimate of drug-likeness (QED) is 0.723. The first-order chi connectivity index (χ1) is 8.19. The van der Waals surface area contributed by atoms with Crippen LogP contribution in [0, 0.1) is 0 Å². The number of rotatable bonds is 4. The van der Waals surface area contributed by atoms with Gasteiger partial charge < -0.3 is 11.1 Å². The number of nitrogens with zero attached hydrogens (tertiary/aromatic N) is 5. The Morgan fingerprint density at radius 2 is 2.41 bits per heavy atom. The van der Waals surface area contributed by atoms with E-state index in [1.807, 2.05) is 0 Å². The summed E-state index contributed by atoms with van der Waals surface area (Å²) in [4.78, 5) is 11.7. The maximum Gasteiger partial charge on any atom is 0.279 e. The lowest BCUT2D eigenvalue weighted by atomic mass is 10.4. The van der Waals surface area contributed by atoms with Gasteiger partial charge in [0.15, 0.2) is 11.5 Å². The second-order valence-electron chi connectivity index (χ2n) is 3.48. The summed E-state index contributed by atoms with van der Waals surface area (Å²) in [5, 5.41) is 14.2. The highest BCUT2D eigenvalue weighted by atomic mass is 16.2. The summed E-state index contributed by atoms with van der Waals surface area (Å²) in [6.45, 7) is 0.981. The number of aryl methyl sites for hydroxylation is 1. The first-order valence-electron chi connectivity index (χ1n) is 5.10. The molecule has 0 bridgehead atoms. The van der Waals surface area contributed by atoms with Crippen molar-refractivity contribution < 1.29 is 4.79 Å². The van der Waals surface area contributed by atoms with Crippen LogP contribution in [0.25, 0.3) is 0 Å². The van der Waals surface area contributed by atoms with E-state index in [-0.39, 0.29) is 11.6 Å². The van der Waals surface area contributed by atoms with Crippen LogP contribution in [0.3, 0.4) is 0 Å². The van der Waals surface area contributed by atoms with Gasteiger partial charge in [-0.1, -0.05) is 5.21 Å². The standard InChI is InChI=1S/C9H13N7O/c1-15-4-2-8(13-15)11-9(17)7-6-16(5-3-10)14-12-7/h2,4,6H,3,5,10H2,1H3,(H,11,13,17). The lowest BCUT2D eigenvalue weighted by Gasteiger charge is -1.97. The monoisotopic (exact) mass is 235 g/mol. The van der Waals surface area contributed by atoms with Gasteiger partial charge in [0.1, 0.15) is 0 Å². The minimum absolute atomic E-state index is 0.240. The molecular formula is C9H13N7O. The maximum atomic E-state index is 11.7. The first-order valence-corrected chi connectivity index (χ1v) is 5.10. The molecule has 0 radical (unpaired) electrons. The zero-order valence-electron chi connectivity index (χ0n) is 9.37. The fourth-order valence-corrected chi connectivity index (χ4v) is 1.31. The molecule has 3 N–H and O–H groups in total. The Kier molecular flexibility index (Phi) is 3.15. The van der Waals surface area contributed by atoms with Crippen LogP contribution in [0.1, 0.15) is 10.5 Å². The third kappa shape index (κ3) is 2.67. The Bertz CT molecular complexity index is 515. The minimum atomic E-state index is -0.341. The number of aromatic nitrogens is 5. The highest BCUT2D eigenvalue weighted by Gasteiger charge is 2.11. The van der Waals surface area contributed by atoms with Crippen LogP contribution in [0.5, 0.6) is 0 Å². The second-order valence-corrected chi connectivity index (χ2v) is 3.48. The lowest BCUT2D eigenvalue weighted by molar-refractivity contribution is 0.102. The summed E-state index contributed by atoms with van der Waals surface area (Å²) in [5.41, 5.74) is 5.61. The van der Waals surface area contributed by atoms with Gasteiger partial charge >= 0.3 is 0 Å². The van der Waals surface area contributed by atoms with Crippen LogP contribution in [0.2, 0.25) is 0 Å². The molecule has 2 heterocycles. The van der Waals surface area contributed by atoms with Crippen molar-refractivity contribution in [1.82, 2.24) is 24.8 Å². The summed E-state index contributed by atoms with van der Waals surface area (Å²) in [6.07, 6.45) is 3.28. The van der Waals surface area contributed by atoms with Gasteiger partial charge in [0.25, 0.3) is 5.91 Å². The summed E-state index contributed by atoms with van der Waals surface area (Å²) in [7, 11) is 1.77. The molecule has 0 unspecified atom stereocenters. The average Bonchev–Trinajstić information content (AvgIpc) is 2.88. The molecule has 2 rings (SSSR count). The Morgan fingerprint density at radius 3 is 3.06 bits per heavy atom. The van der Waals surface area contributed by atoms with Gasteiger partial charge in [-0.05, 0) is 0 Å². The van der Waals surface area contributed by atoms with E-state index < -0.39 is 0 Å². The third-order valence-electron chi connectivity index (χ3n) is 2.08. The predicted octanol–water partition coefficient (Wildman–Crippen LogP) is -0.777. The van der Waals surface area contributed by atoms with Crippen molar-refractivity contribution in [3.05, 3.63) is 24.2 Å². The molecule has 0 spiro atoms. The van der Waals surface area contributed by atoms with Crippen molar-refractivity contribution in [2.45, 2.75) is 6.54 Å². The van der Waals surface area contributed by atoms with Crippen molar-refractivity contribution in [3.63, 3.8) is 0 Å². The van der Waals surface area contributed by atoms with Gasteiger partial charge in [0.05, 0.1) is 12.7 Å². The van der Waals surface area contributed by atoms with Crippen LogP contribution in [-0.4, -0.2) is 37.2 Å². The molecule has 0 aliphatic rings. The largest absolute Gasteiger partial charge is 0.329 e. The van der Waals surface area contributed by atoms with Crippen LogP contribution in [-0.2, 0) is 13.6 Å². The van der Waals surface area contributed by atoms with E-state index in [9.17, 15) is 4.79 Å². The second kappa shape index (κ2) is 4.74. The minimum Gasteiger partial charge on any atom is -0.329 e. The van der Waals surface area contributed by atoms with Crippen molar-refractivity contribution in [2.24, 2.45) is 12.8 Å². The number of carbonyl (C=O) groups is 1. The van der Waals surface area contributed by atoms with E-state index in [2.05, 4.69) is 20.7 Å². The third-order valence-corrected chi connectivity index (χ3v) is 2.08. The molecule has 0 aromatic carbocycles. The Morgan fingerprint density at radius 1 is 1.59 bits per heavy atom. The van der Waals surface area contributed by atoms with Crippen LogP contribution in [0.4, 0.5) is 5.82 Å². The molecule has 0 fully saturated rings. The van der Waals surface area contributed by atoms with Crippen molar-refractivity contribution >= 4 is 11.7 Å². The summed E-state index contributed by atoms with van der Waals surface area (Å²) < 4.78 is 3.12. The molecule has 0 atom stereocenters. The van der Waals surface area contributed by atoms with E-state index in [0.29, 0.717) is 18.9 Å². The number of nitrogens with two attached hydrogens (primary N) is 1. The topological polar surface area (TPSA) is 104 Å². The molecule has 8 heteroatoms. The zero-order valence-corrected chi connectivity index (χ0v) is 9.37. The predicted molar refractivity (Wildman–Crippen MR) is 60.2 cm³/mol. The Balaban J connectivity index is 2.03. The molecule has 0 aliphatic heterocycles. The molecule has 2 aromatic rings. The van der Waals surface area contributed by atoms with Crippen LogP contribution in [0.15, 0.2) is 18.5 Å². The number of amides is 1. The van der Waals surface area contributed by atoms with Crippen molar-refractivity contribution in [3.8, 4) is 0 Å². The summed E-state index contributed by atoms with van der Waals surface area (Å²) in [6, 6.07) is 1.70. The van der Waals surface area contributed by atoms with E-state index in [4.69, 9.17) is 5.73 Å². The smallest absolute Gasteiger partial charge is 0.279 e. The number of nitrogens with one attached hydrogen (secondary N) is 1. The molecule has 90 valence electrons. The molecule has 2 aromatic heterocycles. The van der Waals surface area contributed by atoms with Crippen molar-refractivity contribution in [2.75, 3.05) is 11.9 Å². The number of carbonyl (C=O) groups excluding carboxylic acids is 1. The van der Waals surface area contributed by atoms with Crippen LogP contribution >= 0.6 is 0 Å². The average molecular weight is 235 g/mol. The molecular weight excluding hydrogens is 222 g/mol. The van der Waals surface area contributed by atoms with Crippen LogP contribution < -0.4 is 11.1 Å². The van der Waals surface area contributed by atoms with Gasteiger partial charge in [-0.25, -0.2) is 0 Å². The fraction of sp³-hybridized carbons (Fsp3) is 0.333. The number of hydrogen-bond acceptors (Lipinski definition) is 5.